The van der Waals surface area contributed by atoms with Gasteiger partial charge in [-0.25, -0.2) is 4.39 Å². The Labute approximate surface area is 177 Å². The van der Waals surface area contributed by atoms with Crippen LogP contribution < -0.4 is 9.64 Å². The fourth-order valence-corrected chi connectivity index (χ4v) is 3.84. The molecule has 1 N–H and O–H groups in total. The van der Waals surface area contributed by atoms with Crippen LogP contribution in [-0.2, 0) is 5.60 Å². The Morgan fingerprint density at radius 2 is 1.90 bits per heavy atom. The maximum Gasteiger partial charge on any atom is 0.152 e. The first-order chi connectivity index (χ1) is 14.4. The van der Waals surface area contributed by atoms with Gasteiger partial charge in [-0.15, -0.1) is 0 Å². The fraction of sp³-hybridized carbons (Fsp3) is 0.417. The van der Waals surface area contributed by atoms with Gasteiger partial charge in [0.2, 0.25) is 0 Å². The van der Waals surface area contributed by atoms with Gasteiger partial charge in [-0.3, -0.25) is 4.79 Å². The standard InChI is InChI=1S/C22H23FN2O3.C2H6/c1-22(27,18-5-3-16(14-26)20(23)11-18)17-7-9-25(10-8-17)19-6-4-15(13-24)21(12-19)28-2;1-2/h3-6,11-12,14,17,27H,7-10H2,1-2H3;1-2H3. The van der Waals surface area contributed by atoms with Crippen LogP contribution in [0.1, 0.15) is 55.1 Å². The van der Waals surface area contributed by atoms with Crippen molar-refractivity contribution in [3.63, 3.8) is 0 Å². The van der Waals surface area contributed by atoms with Crippen molar-refractivity contribution < 1.29 is 19.0 Å². The largest absolute Gasteiger partial charge is 0.495 e. The third-order valence-electron chi connectivity index (χ3n) is 5.67. The lowest BCUT2D eigenvalue weighted by atomic mass is 9.77. The van der Waals surface area contributed by atoms with E-state index in [1.807, 2.05) is 26.0 Å². The highest BCUT2D eigenvalue weighted by Gasteiger charge is 2.36. The molecule has 0 aromatic heterocycles. The molecule has 2 aromatic rings. The summed E-state index contributed by atoms with van der Waals surface area (Å²) in [7, 11) is 1.54. The van der Waals surface area contributed by atoms with Crippen LogP contribution in [0.15, 0.2) is 36.4 Å². The second kappa shape index (κ2) is 10.2. The first-order valence-electron chi connectivity index (χ1n) is 10.2. The zero-order valence-electron chi connectivity index (χ0n) is 18.0. The van der Waals surface area contributed by atoms with Crippen molar-refractivity contribution in [3.05, 3.63) is 58.9 Å². The number of halogens is 1. The number of carbonyl (C=O) groups excluding carboxylic acids is 1. The zero-order chi connectivity index (χ0) is 22.3. The van der Waals surface area contributed by atoms with Gasteiger partial charge in [-0.05, 0) is 55.5 Å². The predicted molar refractivity (Wildman–Crippen MR) is 115 cm³/mol. The number of aldehydes is 1. The summed E-state index contributed by atoms with van der Waals surface area (Å²) < 4.78 is 19.3. The van der Waals surface area contributed by atoms with E-state index in [0.29, 0.717) is 23.2 Å². The van der Waals surface area contributed by atoms with Gasteiger partial charge in [0.25, 0.3) is 0 Å². The molecule has 0 aliphatic carbocycles. The van der Waals surface area contributed by atoms with E-state index >= 15 is 0 Å². The van der Waals surface area contributed by atoms with Gasteiger partial charge in [0.1, 0.15) is 17.6 Å². The lowest BCUT2D eigenvalue weighted by Crippen LogP contribution is -2.42. The molecule has 160 valence electrons. The minimum absolute atomic E-state index is 0.0101. The van der Waals surface area contributed by atoms with Crippen molar-refractivity contribution in [3.8, 4) is 11.8 Å². The van der Waals surface area contributed by atoms with E-state index in [-0.39, 0.29) is 11.5 Å². The van der Waals surface area contributed by atoms with Crippen LogP contribution in [0.4, 0.5) is 10.1 Å². The molecule has 0 radical (unpaired) electrons. The van der Waals surface area contributed by atoms with E-state index in [9.17, 15) is 14.3 Å². The third-order valence-corrected chi connectivity index (χ3v) is 5.67. The molecule has 1 atom stereocenters. The van der Waals surface area contributed by atoms with Gasteiger partial charge in [0, 0.05) is 24.8 Å². The first-order valence-corrected chi connectivity index (χ1v) is 10.2. The van der Waals surface area contributed by atoms with Gasteiger partial charge >= 0.3 is 0 Å². The predicted octanol–water partition coefficient (Wildman–Crippen LogP) is 4.67. The summed E-state index contributed by atoms with van der Waals surface area (Å²) >= 11 is 0. The number of methoxy groups -OCH3 is 1. The van der Waals surface area contributed by atoms with Crippen molar-refractivity contribution >= 4 is 12.0 Å². The number of benzene rings is 2. The Morgan fingerprint density at radius 1 is 1.23 bits per heavy atom. The maximum atomic E-state index is 14.0. The molecular weight excluding hydrogens is 383 g/mol. The van der Waals surface area contributed by atoms with Crippen molar-refractivity contribution in [2.24, 2.45) is 5.92 Å². The smallest absolute Gasteiger partial charge is 0.152 e. The third kappa shape index (κ3) is 4.80. The summed E-state index contributed by atoms with van der Waals surface area (Å²) in [5.41, 5.74) is 0.745. The Kier molecular flexibility index (Phi) is 7.96. The van der Waals surface area contributed by atoms with Gasteiger partial charge in [0.05, 0.1) is 23.8 Å². The molecule has 5 nitrogen and oxygen atoms in total. The van der Waals surface area contributed by atoms with Crippen molar-refractivity contribution in [1.82, 2.24) is 0 Å². The lowest BCUT2D eigenvalue weighted by Gasteiger charge is -2.40. The van der Waals surface area contributed by atoms with Crippen LogP contribution in [-0.4, -0.2) is 31.6 Å². The summed E-state index contributed by atoms with van der Waals surface area (Å²) in [5.74, 6) is -0.111. The number of aliphatic hydroxyl groups is 1. The summed E-state index contributed by atoms with van der Waals surface area (Å²) in [6, 6.07) is 11.9. The molecule has 1 aliphatic heterocycles. The summed E-state index contributed by atoms with van der Waals surface area (Å²) in [6.07, 6.45) is 1.93. The molecule has 0 saturated carbocycles. The minimum Gasteiger partial charge on any atom is -0.495 e. The molecule has 3 rings (SSSR count). The molecule has 0 bridgehead atoms. The second-order valence-electron chi connectivity index (χ2n) is 7.26. The molecule has 6 heteroatoms. The van der Waals surface area contributed by atoms with Crippen LogP contribution >= 0.6 is 0 Å². The monoisotopic (exact) mass is 412 g/mol. The zero-order valence-corrected chi connectivity index (χ0v) is 18.0. The van der Waals surface area contributed by atoms with Crippen LogP contribution in [0.5, 0.6) is 5.75 Å². The molecule has 0 spiro atoms. The van der Waals surface area contributed by atoms with Crippen LogP contribution in [0, 0.1) is 23.1 Å². The van der Waals surface area contributed by atoms with Gasteiger partial charge in [-0.2, -0.15) is 5.26 Å². The molecule has 1 fully saturated rings. The maximum absolute atomic E-state index is 14.0. The van der Waals surface area contributed by atoms with E-state index in [0.717, 1.165) is 31.6 Å². The van der Waals surface area contributed by atoms with Gasteiger partial charge in [-0.1, -0.05) is 19.9 Å². The van der Waals surface area contributed by atoms with Crippen molar-refractivity contribution in [2.45, 2.75) is 39.2 Å². The average Bonchev–Trinajstić information content (AvgIpc) is 2.79. The molecule has 30 heavy (non-hydrogen) atoms. The number of ether oxygens (including phenoxy) is 1. The van der Waals surface area contributed by atoms with Gasteiger partial charge < -0.3 is 14.7 Å². The van der Waals surface area contributed by atoms with Crippen LogP contribution in [0.2, 0.25) is 0 Å². The fourth-order valence-electron chi connectivity index (χ4n) is 3.84. The van der Waals surface area contributed by atoms with Crippen molar-refractivity contribution in [2.75, 3.05) is 25.1 Å². The molecule has 0 amide bonds. The van der Waals surface area contributed by atoms with Gasteiger partial charge in [0.15, 0.2) is 6.29 Å². The highest BCUT2D eigenvalue weighted by atomic mass is 19.1. The minimum atomic E-state index is -1.18. The highest BCUT2D eigenvalue weighted by Crippen LogP contribution is 2.38. The summed E-state index contributed by atoms with van der Waals surface area (Å²) in [4.78, 5) is 13.0. The Balaban J connectivity index is 0.00000155. The number of hydrogen-bond donors (Lipinski definition) is 1. The highest BCUT2D eigenvalue weighted by molar-refractivity contribution is 5.75. The molecule has 2 aromatic carbocycles. The Morgan fingerprint density at radius 3 is 2.43 bits per heavy atom. The molecular formula is C24H29FN2O3. The topological polar surface area (TPSA) is 73.6 Å². The average molecular weight is 413 g/mol. The van der Waals surface area contributed by atoms with E-state index in [1.54, 1.807) is 26.2 Å². The number of hydrogen-bond acceptors (Lipinski definition) is 5. The second-order valence-corrected chi connectivity index (χ2v) is 7.26. The van der Waals surface area contributed by atoms with Crippen molar-refractivity contribution in [1.29, 1.82) is 5.26 Å². The number of rotatable bonds is 5. The van der Waals surface area contributed by atoms with Crippen LogP contribution in [0.3, 0.4) is 0 Å². The summed E-state index contributed by atoms with van der Waals surface area (Å²) in [6.45, 7) is 7.16. The first kappa shape index (κ1) is 23.4. The van der Waals surface area contributed by atoms with Crippen LogP contribution in [0.25, 0.3) is 0 Å². The number of nitrogens with zero attached hydrogens (tertiary/aromatic N) is 2. The SMILES string of the molecule is CC.COc1cc(N2CCC(C(C)(O)c3ccc(C=O)c(F)c3)CC2)ccc1C#N. The quantitative estimate of drug-likeness (QED) is 0.723. The normalized spacial score (nSPS) is 16.0. The molecule has 1 saturated heterocycles. The lowest BCUT2D eigenvalue weighted by molar-refractivity contribution is -0.0164. The number of anilines is 1. The Bertz CT molecular complexity index is 913. The molecule has 1 heterocycles. The molecule has 1 unspecified atom stereocenters. The number of piperidine rings is 1. The van der Waals surface area contributed by atoms with E-state index in [1.165, 1.54) is 12.1 Å². The van der Waals surface area contributed by atoms with E-state index < -0.39 is 11.4 Å². The number of carbonyl (C=O) groups is 1. The molecule has 1 aliphatic rings. The van der Waals surface area contributed by atoms with E-state index in [2.05, 4.69) is 11.0 Å². The summed E-state index contributed by atoms with van der Waals surface area (Å²) in [5, 5.41) is 20.2. The number of nitriles is 1. The Hall–Kier alpha value is -2.91. The van der Waals surface area contributed by atoms with E-state index in [4.69, 9.17) is 10.00 Å².